The zero-order chi connectivity index (χ0) is 18.1. The molecule has 1 saturated heterocycles. The Kier molecular flexibility index (Phi) is 4.33. The predicted molar refractivity (Wildman–Crippen MR) is 91.0 cm³/mol. The largest absolute Gasteiger partial charge is 0.507 e. The average molecular weight is 361 g/mol. The third-order valence-corrected chi connectivity index (χ3v) is 4.05. The quantitative estimate of drug-likeness (QED) is 0.723. The number of hydrogen-bond donors (Lipinski definition) is 3. The van der Waals surface area contributed by atoms with E-state index in [4.69, 9.17) is 16.7 Å². The number of imide groups is 1. The van der Waals surface area contributed by atoms with Crippen LogP contribution in [-0.4, -0.2) is 34.0 Å². The van der Waals surface area contributed by atoms with Crippen molar-refractivity contribution < 1.29 is 24.6 Å². The van der Waals surface area contributed by atoms with Crippen LogP contribution < -0.4 is 10.2 Å². The van der Waals surface area contributed by atoms with Crippen molar-refractivity contribution in [3.63, 3.8) is 0 Å². The van der Waals surface area contributed by atoms with Gasteiger partial charge in [-0.15, -0.1) is 0 Å². The van der Waals surface area contributed by atoms with Gasteiger partial charge in [0, 0.05) is 10.7 Å². The summed E-state index contributed by atoms with van der Waals surface area (Å²) in [4.78, 5) is 36.8. The van der Waals surface area contributed by atoms with E-state index in [-0.39, 0.29) is 17.7 Å². The minimum absolute atomic E-state index is 0.0647. The highest BCUT2D eigenvalue weighted by molar-refractivity contribution is 6.30. The zero-order valence-corrected chi connectivity index (χ0v) is 13.5. The molecule has 2 amide bonds. The average Bonchev–Trinajstić information content (AvgIpc) is 2.84. The van der Waals surface area contributed by atoms with Crippen LogP contribution in [0.15, 0.2) is 42.5 Å². The molecule has 0 radical (unpaired) electrons. The number of nitrogens with zero attached hydrogens (tertiary/aromatic N) is 1. The summed E-state index contributed by atoms with van der Waals surface area (Å²) < 4.78 is 0. The summed E-state index contributed by atoms with van der Waals surface area (Å²) in [6.45, 7) is 0. The summed E-state index contributed by atoms with van der Waals surface area (Å²) in [5.41, 5.74) is 0.354. The number of aromatic hydroxyl groups is 1. The number of carbonyl (C=O) groups excluding carboxylic acids is 2. The van der Waals surface area contributed by atoms with E-state index in [0.29, 0.717) is 10.7 Å². The van der Waals surface area contributed by atoms with Crippen LogP contribution in [0.5, 0.6) is 5.75 Å². The van der Waals surface area contributed by atoms with Gasteiger partial charge in [0.25, 0.3) is 5.91 Å². The molecule has 2 aromatic carbocycles. The highest BCUT2D eigenvalue weighted by atomic mass is 35.5. The van der Waals surface area contributed by atoms with Crippen molar-refractivity contribution >= 4 is 40.8 Å². The Labute approximate surface area is 147 Å². The van der Waals surface area contributed by atoms with E-state index in [0.717, 1.165) is 17.0 Å². The molecule has 0 bridgehead atoms. The van der Waals surface area contributed by atoms with Crippen molar-refractivity contribution in [2.45, 2.75) is 12.5 Å². The molecule has 25 heavy (non-hydrogen) atoms. The number of hydrogen-bond acceptors (Lipinski definition) is 5. The molecule has 128 valence electrons. The lowest BCUT2D eigenvalue weighted by Crippen LogP contribution is -2.34. The van der Waals surface area contributed by atoms with Crippen molar-refractivity contribution in [1.82, 2.24) is 0 Å². The number of halogens is 1. The van der Waals surface area contributed by atoms with E-state index in [1.165, 1.54) is 6.07 Å². The molecule has 7 nitrogen and oxygen atoms in total. The highest BCUT2D eigenvalue weighted by Crippen LogP contribution is 2.29. The fourth-order valence-electron chi connectivity index (χ4n) is 2.60. The number of aromatic carboxylic acids is 1. The maximum atomic E-state index is 12.6. The minimum Gasteiger partial charge on any atom is -0.507 e. The van der Waals surface area contributed by atoms with Gasteiger partial charge < -0.3 is 15.5 Å². The number of phenols is 1. The standard InChI is InChI=1S/C17H13ClN2O5/c18-9-1-3-10(4-2-9)19-13-8-15(22)20(16(13)23)11-5-6-14(21)12(7-11)17(24)25/h1-7,13,19,21H,8H2,(H,24,25). The first-order valence-electron chi connectivity index (χ1n) is 7.32. The first-order chi connectivity index (χ1) is 11.9. The van der Waals surface area contributed by atoms with Gasteiger partial charge in [-0.05, 0) is 42.5 Å². The summed E-state index contributed by atoms with van der Waals surface area (Å²) in [6, 6.07) is 9.47. The van der Waals surface area contributed by atoms with Gasteiger partial charge in [-0.25, -0.2) is 9.69 Å². The number of amides is 2. The molecule has 3 rings (SSSR count). The third-order valence-electron chi connectivity index (χ3n) is 3.80. The van der Waals surface area contributed by atoms with Crippen LogP contribution in [0, 0.1) is 0 Å². The van der Waals surface area contributed by atoms with Gasteiger partial charge in [-0.1, -0.05) is 11.6 Å². The van der Waals surface area contributed by atoms with Crippen LogP contribution >= 0.6 is 11.6 Å². The van der Waals surface area contributed by atoms with Gasteiger partial charge in [0.05, 0.1) is 12.1 Å². The molecule has 1 heterocycles. The number of rotatable bonds is 4. The normalized spacial score (nSPS) is 17.0. The van der Waals surface area contributed by atoms with Gasteiger partial charge in [-0.3, -0.25) is 9.59 Å². The number of carboxylic acid groups (broad SMARTS) is 1. The van der Waals surface area contributed by atoms with Gasteiger partial charge in [-0.2, -0.15) is 0 Å². The molecule has 8 heteroatoms. The molecule has 1 aliphatic rings. The lowest BCUT2D eigenvalue weighted by Gasteiger charge is -2.17. The van der Waals surface area contributed by atoms with E-state index in [9.17, 15) is 19.5 Å². The van der Waals surface area contributed by atoms with E-state index in [2.05, 4.69) is 5.32 Å². The topological polar surface area (TPSA) is 107 Å². The second-order valence-corrected chi connectivity index (χ2v) is 5.92. The molecule has 1 atom stereocenters. The first kappa shape index (κ1) is 16.8. The second-order valence-electron chi connectivity index (χ2n) is 5.48. The van der Waals surface area contributed by atoms with Gasteiger partial charge in [0.1, 0.15) is 17.4 Å². The Morgan fingerprint density at radius 1 is 1.16 bits per heavy atom. The summed E-state index contributed by atoms with van der Waals surface area (Å²) in [6.07, 6.45) is -0.0647. The molecule has 1 unspecified atom stereocenters. The number of nitrogens with one attached hydrogen (secondary N) is 1. The number of carboxylic acids is 1. The first-order valence-corrected chi connectivity index (χ1v) is 7.70. The van der Waals surface area contributed by atoms with Crippen molar-refractivity contribution in [2.75, 3.05) is 10.2 Å². The molecular weight excluding hydrogens is 348 g/mol. The fraction of sp³-hybridized carbons (Fsp3) is 0.118. The Balaban J connectivity index is 1.85. The van der Waals surface area contributed by atoms with Crippen molar-refractivity contribution in [3.05, 3.63) is 53.1 Å². The predicted octanol–water partition coefficient (Wildman–Crippen LogP) is 2.49. The Morgan fingerprint density at radius 2 is 1.84 bits per heavy atom. The fourth-order valence-corrected chi connectivity index (χ4v) is 2.72. The monoisotopic (exact) mass is 360 g/mol. The summed E-state index contributed by atoms with van der Waals surface area (Å²) in [5.74, 6) is -2.75. The van der Waals surface area contributed by atoms with Crippen molar-refractivity contribution in [3.8, 4) is 5.75 Å². The third kappa shape index (κ3) is 3.27. The molecule has 0 aromatic heterocycles. The lowest BCUT2D eigenvalue weighted by molar-refractivity contribution is -0.121. The number of carbonyl (C=O) groups is 3. The summed E-state index contributed by atoms with van der Waals surface area (Å²) in [7, 11) is 0. The maximum Gasteiger partial charge on any atom is 0.339 e. The Morgan fingerprint density at radius 3 is 2.48 bits per heavy atom. The zero-order valence-electron chi connectivity index (χ0n) is 12.8. The van der Waals surface area contributed by atoms with Crippen LogP contribution in [0.2, 0.25) is 5.02 Å². The Bertz CT molecular complexity index is 866. The summed E-state index contributed by atoms with van der Waals surface area (Å²) >= 11 is 5.81. The van der Waals surface area contributed by atoms with Crippen LogP contribution in [0.3, 0.4) is 0 Å². The molecule has 0 saturated carbocycles. The van der Waals surface area contributed by atoms with Crippen molar-refractivity contribution in [2.24, 2.45) is 0 Å². The molecule has 3 N–H and O–H groups in total. The van der Waals surface area contributed by atoms with Crippen LogP contribution in [-0.2, 0) is 9.59 Å². The van der Waals surface area contributed by atoms with Crippen LogP contribution in [0.25, 0.3) is 0 Å². The maximum absolute atomic E-state index is 12.6. The summed E-state index contributed by atoms with van der Waals surface area (Å²) in [5, 5.41) is 22.1. The lowest BCUT2D eigenvalue weighted by atomic mass is 10.1. The number of anilines is 2. The van der Waals surface area contributed by atoms with Crippen LogP contribution in [0.1, 0.15) is 16.8 Å². The van der Waals surface area contributed by atoms with Gasteiger partial charge in [0.15, 0.2) is 0 Å². The molecule has 0 spiro atoms. The number of benzene rings is 2. The van der Waals surface area contributed by atoms with Crippen LogP contribution in [0.4, 0.5) is 11.4 Å². The van der Waals surface area contributed by atoms with E-state index in [1.54, 1.807) is 24.3 Å². The Hall–Kier alpha value is -3.06. The van der Waals surface area contributed by atoms with E-state index in [1.807, 2.05) is 0 Å². The molecule has 1 fully saturated rings. The van der Waals surface area contributed by atoms with Gasteiger partial charge >= 0.3 is 5.97 Å². The van der Waals surface area contributed by atoms with E-state index < -0.39 is 29.6 Å². The van der Waals surface area contributed by atoms with E-state index >= 15 is 0 Å². The smallest absolute Gasteiger partial charge is 0.339 e. The second kappa shape index (κ2) is 6.45. The molecule has 1 aliphatic heterocycles. The van der Waals surface area contributed by atoms with Gasteiger partial charge in [0.2, 0.25) is 5.91 Å². The molecule has 0 aliphatic carbocycles. The molecule has 2 aromatic rings. The molecular formula is C17H13ClN2O5. The SMILES string of the molecule is O=C(O)c1cc(N2C(=O)CC(Nc3ccc(Cl)cc3)C2=O)ccc1O. The minimum atomic E-state index is -1.35. The highest BCUT2D eigenvalue weighted by Gasteiger charge is 2.39. The van der Waals surface area contributed by atoms with Crippen molar-refractivity contribution in [1.29, 1.82) is 0 Å².